The number of nitrogens with two attached hydrogens (primary N) is 1. The summed E-state index contributed by atoms with van der Waals surface area (Å²) in [5.41, 5.74) is 5.67. The first kappa shape index (κ1) is 12.1. The van der Waals surface area contributed by atoms with Gasteiger partial charge in [0.1, 0.15) is 0 Å². The van der Waals surface area contributed by atoms with E-state index in [9.17, 15) is 0 Å². The van der Waals surface area contributed by atoms with Crippen LogP contribution in [0.15, 0.2) is 21.9 Å². The van der Waals surface area contributed by atoms with Crippen LogP contribution in [0.2, 0.25) is 0 Å². The van der Waals surface area contributed by atoms with Gasteiger partial charge in [-0.3, -0.25) is 0 Å². The molecule has 92 valence electrons. The van der Waals surface area contributed by atoms with Crippen LogP contribution in [0.4, 0.5) is 6.01 Å². The number of likely N-dealkylation sites (N-methyl/N-ethyl adjacent to an activating group) is 1. The molecule has 0 spiro atoms. The molecule has 0 bridgehead atoms. The molecule has 0 radical (unpaired) electrons. The van der Waals surface area contributed by atoms with Crippen LogP contribution in [-0.2, 0) is 6.42 Å². The lowest BCUT2D eigenvalue weighted by Crippen LogP contribution is -2.20. The van der Waals surface area contributed by atoms with Crippen molar-refractivity contribution < 1.29 is 4.42 Å². The summed E-state index contributed by atoms with van der Waals surface area (Å²) in [6, 6.07) is 4.48. The van der Waals surface area contributed by atoms with Crippen LogP contribution in [0.5, 0.6) is 0 Å². The van der Waals surface area contributed by atoms with Crippen molar-refractivity contribution in [2.75, 3.05) is 18.5 Å². The highest BCUT2D eigenvalue weighted by Crippen LogP contribution is 2.16. The molecule has 2 N–H and O–H groups in total. The highest BCUT2D eigenvalue weighted by atomic mass is 32.1. The highest BCUT2D eigenvalue weighted by Gasteiger charge is 2.13. The van der Waals surface area contributed by atoms with Crippen molar-refractivity contribution in [3.05, 3.63) is 28.3 Å². The minimum atomic E-state index is -0.220. The molecular formula is C11H16N4OS. The molecule has 0 aliphatic heterocycles. The van der Waals surface area contributed by atoms with Crippen LogP contribution in [-0.4, -0.2) is 23.8 Å². The normalized spacial score (nSPS) is 12.6. The van der Waals surface area contributed by atoms with E-state index in [0.29, 0.717) is 11.9 Å². The molecule has 17 heavy (non-hydrogen) atoms. The summed E-state index contributed by atoms with van der Waals surface area (Å²) in [4.78, 5) is 3.29. The Hall–Kier alpha value is -1.40. The average molecular weight is 252 g/mol. The van der Waals surface area contributed by atoms with Gasteiger partial charge in [0.2, 0.25) is 5.89 Å². The first-order valence-corrected chi connectivity index (χ1v) is 6.37. The van der Waals surface area contributed by atoms with Crippen LogP contribution < -0.4 is 10.6 Å². The lowest BCUT2D eigenvalue weighted by molar-refractivity contribution is 0.461. The van der Waals surface area contributed by atoms with Gasteiger partial charge in [-0.2, -0.15) is 0 Å². The van der Waals surface area contributed by atoms with E-state index in [1.807, 2.05) is 18.9 Å². The third-order valence-corrected chi connectivity index (χ3v) is 3.36. The highest BCUT2D eigenvalue weighted by molar-refractivity contribution is 7.09. The Morgan fingerprint density at radius 3 is 2.94 bits per heavy atom. The van der Waals surface area contributed by atoms with Crippen molar-refractivity contribution in [3.8, 4) is 0 Å². The number of anilines is 1. The van der Waals surface area contributed by atoms with Gasteiger partial charge in [-0.25, -0.2) is 0 Å². The van der Waals surface area contributed by atoms with Crippen LogP contribution in [0, 0.1) is 0 Å². The molecule has 6 heteroatoms. The van der Waals surface area contributed by atoms with Crippen molar-refractivity contribution in [2.45, 2.75) is 19.4 Å². The fraction of sp³-hybridized carbons (Fsp3) is 0.455. The minimum Gasteiger partial charge on any atom is -0.406 e. The van der Waals surface area contributed by atoms with E-state index in [4.69, 9.17) is 10.2 Å². The summed E-state index contributed by atoms with van der Waals surface area (Å²) in [6.07, 6.45) is 0.976. The van der Waals surface area contributed by atoms with E-state index in [1.165, 1.54) is 4.88 Å². The fourth-order valence-electron chi connectivity index (χ4n) is 1.39. The zero-order valence-electron chi connectivity index (χ0n) is 9.96. The SMILES string of the molecule is CC(N)c1nnc(N(C)CCc2cccs2)o1. The van der Waals surface area contributed by atoms with Gasteiger partial charge in [-0.1, -0.05) is 11.2 Å². The summed E-state index contributed by atoms with van der Waals surface area (Å²) in [5.74, 6) is 0.475. The van der Waals surface area contributed by atoms with E-state index in [1.54, 1.807) is 11.3 Å². The molecule has 0 aliphatic carbocycles. The summed E-state index contributed by atoms with van der Waals surface area (Å²) in [7, 11) is 1.94. The van der Waals surface area contributed by atoms with Crippen LogP contribution in [0.1, 0.15) is 23.7 Å². The number of hydrogen-bond acceptors (Lipinski definition) is 6. The van der Waals surface area contributed by atoms with Gasteiger partial charge in [0, 0.05) is 18.5 Å². The molecule has 2 rings (SSSR count). The molecule has 2 heterocycles. The Labute approximate surface area is 104 Å². The smallest absolute Gasteiger partial charge is 0.317 e. The van der Waals surface area contributed by atoms with Crippen molar-refractivity contribution in [1.82, 2.24) is 10.2 Å². The van der Waals surface area contributed by atoms with Gasteiger partial charge in [-0.05, 0) is 24.8 Å². The largest absolute Gasteiger partial charge is 0.406 e. The number of hydrogen-bond donors (Lipinski definition) is 1. The zero-order chi connectivity index (χ0) is 12.3. The Balaban J connectivity index is 1.92. The first-order chi connectivity index (χ1) is 8.16. The molecule has 0 saturated heterocycles. The van der Waals surface area contributed by atoms with E-state index in [0.717, 1.165) is 13.0 Å². The maximum Gasteiger partial charge on any atom is 0.317 e. The fourth-order valence-corrected chi connectivity index (χ4v) is 2.09. The van der Waals surface area contributed by atoms with E-state index < -0.39 is 0 Å². The van der Waals surface area contributed by atoms with Gasteiger partial charge in [0.25, 0.3) is 0 Å². The van der Waals surface area contributed by atoms with Crippen molar-refractivity contribution in [3.63, 3.8) is 0 Å². The van der Waals surface area contributed by atoms with Crippen LogP contribution in [0.3, 0.4) is 0 Å². The lowest BCUT2D eigenvalue weighted by Gasteiger charge is -2.12. The monoisotopic (exact) mass is 252 g/mol. The average Bonchev–Trinajstić information content (AvgIpc) is 2.96. The Kier molecular flexibility index (Phi) is 3.75. The molecule has 0 amide bonds. The van der Waals surface area contributed by atoms with E-state index in [2.05, 4.69) is 27.7 Å². The Bertz CT molecular complexity index is 452. The molecular weight excluding hydrogens is 236 g/mol. The van der Waals surface area contributed by atoms with Crippen LogP contribution in [0.25, 0.3) is 0 Å². The van der Waals surface area contributed by atoms with Gasteiger partial charge >= 0.3 is 6.01 Å². The van der Waals surface area contributed by atoms with Crippen molar-refractivity contribution in [1.29, 1.82) is 0 Å². The minimum absolute atomic E-state index is 0.220. The first-order valence-electron chi connectivity index (χ1n) is 5.49. The Morgan fingerprint density at radius 2 is 2.35 bits per heavy atom. The van der Waals surface area contributed by atoms with E-state index >= 15 is 0 Å². The molecule has 0 saturated carbocycles. The third-order valence-electron chi connectivity index (χ3n) is 2.42. The molecule has 1 atom stereocenters. The standard InChI is InChI=1S/C11H16N4OS/c1-8(12)10-13-14-11(16-10)15(2)6-5-9-4-3-7-17-9/h3-4,7-8H,5-6,12H2,1-2H3. The molecule has 0 fully saturated rings. The van der Waals surface area contributed by atoms with Crippen LogP contribution >= 0.6 is 11.3 Å². The lowest BCUT2D eigenvalue weighted by atomic mass is 10.3. The predicted octanol–water partition coefficient (Wildman–Crippen LogP) is 1.83. The molecule has 1 unspecified atom stereocenters. The van der Waals surface area contributed by atoms with Gasteiger partial charge in [0.05, 0.1) is 6.04 Å². The van der Waals surface area contributed by atoms with Gasteiger partial charge in [0.15, 0.2) is 0 Å². The number of thiophene rings is 1. The molecule has 0 aromatic carbocycles. The summed E-state index contributed by atoms with van der Waals surface area (Å²) >= 11 is 1.76. The van der Waals surface area contributed by atoms with Gasteiger partial charge < -0.3 is 15.1 Å². The van der Waals surface area contributed by atoms with E-state index in [-0.39, 0.29) is 6.04 Å². The quantitative estimate of drug-likeness (QED) is 0.879. The zero-order valence-corrected chi connectivity index (χ0v) is 10.8. The summed E-state index contributed by atoms with van der Waals surface area (Å²) in [6.45, 7) is 2.67. The third kappa shape index (κ3) is 3.04. The molecule has 0 aliphatic rings. The second kappa shape index (κ2) is 5.29. The molecule has 5 nitrogen and oxygen atoms in total. The number of rotatable bonds is 5. The number of nitrogens with zero attached hydrogens (tertiary/aromatic N) is 3. The number of aromatic nitrogens is 2. The van der Waals surface area contributed by atoms with Crippen molar-refractivity contribution in [2.24, 2.45) is 5.73 Å². The summed E-state index contributed by atoms with van der Waals surface area (Å²) < 4.78 is 5.46. The second-order valence-corrected chi connectivity index (χ2v) is 4.99. The summed E-state index contributed by atoms with van der Waals surface area (Å²) in [5, 5.41) is 9.95. The maximum atomic E-state index is 5.67. The van der Waals surface area contributed by atoms with Crippen molar-refractivity contribution >= 4 is 17.4 Å². The van der Waals surface area contributed by atoms with Gasteiger partial charge in [-0.15, -0.1) is 16.4 Å². The maximum absolute atomic E-state index is 5.67. The molecule has 2 aromatic rings. The molecule has 2 aromatic heterocycles. The Morgan fingerprint density at radius 1 is 1.53 bits per heavy atom. The predicted molar refractivity (Wildman–Crippen MR) is 68.2 cm³/mol. The second-order valence-electron chi connectivity index (χ2n) is 3.96. The topological polar surface area (TPSA) is 68.2 Å².